The van der Waals surface area contributed by atoms with Gasteiger partial charge in [0.05, 0.1) is 23.4 Å². The van der Waals surface area contributed by atoms with Crippen LogP contribution >= 0.6 is 11.3 Å². The van der Waals surface area contributed by atoms with Gasteiger partial charge in [-0.3, -0.25) is 4.79 Å². The maximum atomic E-state index is 12.6. The number of anilines is 1. The molecule has 1 amide bonds. The van der Waals surface area contributed by atoms with Gasteiger partial charge in [-0.05, 0) is 51.1 Å². The highest BCUT2D eigenvalue weighted by Crippen LogP contribution is 2.30. The number of aromatic nitrogens is 1. The lowest BCUT2D eigenvalue weighted by Crippen LogP contribution is -2.36. The molecular weight excluding hydrogens is 384 g/mol. The summed E-state index contributed by atoms with van der Waals surface area (Å²) in [6, 6.07) is 6.55. The zero-order valence-electron chi connectivity index (χ0n) is 17.4. The monoisotopic (exact) mass is 416 g/mol. The van der Waals surface area contributed by atoms with Crippen molar-refractivity contribution in [1.82, 2.24) is 15.2 Å². The maximum Gasteiger partial charge on any atom is 0.251 e. The molecule has 0 radical (unpaired) electrons. The molecule has 1 aliphatic carbocycles. The highest BCUT2D eigenvalue weighted by atomic mass is 32.1. The Morgan fingerprint density at radius 3 is 2.86 bits per heavy atom. The second kappa shape index (κ2) is 9.87. The number of thiazole rings is 1. The minimum absolute atomic E-state index is 0.00791. The molecule has 2 fully saturated rings. The van der Waals surface area contributed by atoms with Crippen molar-refractivity contribution < 1.29 is 9.53 Å². The number of nitrogens with zero attached hydrogens (tertiary/aromatic N) is 3. The molecule has 1 N–H and O–H groups in total. The average molecular weight is 417 g/mol. The fourth-order valence-corrected chi connectivity index (χ4v) is 5.34. The number of rotatable bonds is 7. The third kappa shape index (κ3) is 5.27. The summed E-state index contributed by atoms with van der Waals surface area (Å²) in [5.74, 6) is 0.00791. The van der Waals surface area contributed by atoms with Crippen LogP contribution in [-0.2, 0) is 4.74 Å². The molecule has 6 nitrogen and oxygen atoms in total. The van der Waals surface area contributed by atoms with E-state index in [9.17, 15) is 4.79 Å². The first-order chi connectivity index (χ1) is 14.2. The zero-order chi connectivity index (χ0) is 20.1. The molecule has 1 aromatic carbocycles. The second-order valence-electron chi connectivity index (χ2n) is 8.16. The Morgan fingerprint density at radius 1 is 1.28 bits per heavy atom. The average Bonchev–Trinajstić information content (AvgIpc) is 3.21. The van der Waals surface area contributed by atoms with Gasteiger partial charge in [-0.25, -0.2) is 4.98 Å². The van der Waals surface area contributed by atoms with Crippen LogP contribution in [0.4, 0.5) is 5.13 Å². The zero-order valence-corrected chi connectivity index (χ0v) is 18.2. The summed E-state index contributed by atoms with van der Waals surface area (Å²) in [7, 11) is 2.22. The Morgan fingerprint density at radius 2 is 2.07 bits per heavy atom. The molecule has 0 unspecified atom stereocenters. The predicted molar refractivity (Wildman–Crippen MR) is 119 cm³/mol. The number of hydrogen-bond acceptors (Lipinski definition) is 6. The predicted octanol–water partition coefficient (Wildman–Crippen LogP) is 3.52. The molecule has 1 saturated heterocycles. The van der Waals surface area contributed by atoms with Crippen LogP contribution in [0, 0.1) is 0 Å². The van der Waals surface area contributed by atoms with Gasteiger partial charge in [-0.2, -0.15) is 0 Å². The van der Waals surface area contributed by atoms with Gasteiger partial charge in [-0.15, -0.1) is 0 Å². The molecule has 2 aliphatic rings. The van der Waals surface area contributed by atoms with Gasteiger partial charge in [-0.1, -0.05) is 30.6 Å². The van der Waals surface area contributed by atoms with Crippen molar-refractivity contribution in [2.75, 3.05) is 51.3 Å². The third-order valence-electron chi connectivity index (χ3n) is 6.09. The summed E-state index contributed by atoms with van der Waals surface area (Å²) >= 11 is 1.66. The van der Waals surface area contributed by atoms with Crippen molar-refractivity contribution in [3.8, 4) is 0 Å². The third-order valence-corrected chi connectivity index (χ3v) is 7.17. The van der Waals surface area contributed by atoms with Crippen LogP contribution in [0.5, 0.6) is 0 Å². The molecule has 2 heterocycles. The van der Waals surface area contributed by atoms with Gasteiger partial charge in [0.15, 0.2) is 5.13 Å². The van der Waals surface area contributed by atoms with E-state index in [1.807, 2.05) is 18.2 Å². The maximum absolute atomic E-state index is 12.6. The summed E-state index contributed by atoms with van der Waals surface area (Å²) in [4.78, 5) is 22.0. The highest BCUT2D eigenvalue weighted by Gasteiger charge is 2.18. The topological polar surface area (TPSA) is 57.7 Å². The Bertz CT molecular complexity index is 812. The van der Waals surface area contributed by atoms with Crippen molar-refractivity contribution in [3.63, 3.8) is 0 Å². The van der Waals surface area contributed by atoms with E-state index in [2.05, 4.69) is 22.2 Å². The summed E-state index contributed by atoms with van der Waals surface area (Å²) < 4.78 is 6.49. The fourth-order valence-electron chi connectivity index (χ4n) is 4.28. The van der Waals surface area contributed by atoms with Crippen LogP contribution in [0.3, 0.4) is 0 Å². The van der Waals surface area contributed by atoms with E-state index in [0.29, 0.717) is 0 Å². The van der Waals surface area contributed by atoms with Crippen molar-refractivity contribution in [2.24, 2.45) is 0 Å². The van der Waals surface area contributed by atoms with Crippen LogP contribution < -0.4 is 10.2 Å². The number of morpholine rings is 1. The molecule has 4 rings (SSSR count). The van der Waals surface area contributed by atoms with Crippen LogP contribution in [-0.4, -0.2) is 68.3 Å². The second-order valence-corrected chi connectivity index (χ2v) is 9.17. The van der Waals surface area contributed by atoms with Gasteiger partial charge in [0.25, 0.3) is 5.91 Å². The molecule has 29 heavy (non-hydrogen) atoms. The van der Waals surface area contributed by atoms with E-state index in [1.165, 1.54) is 32.1 Å². The van der Waals surface area contributed by atoms with Crippen LogP contribution in [0.2, 0.25) is 0 Å². The molecule has 1 saturated carbocycles. The number of ether oxygens (including phenoxy) is 1. The molecule has 0 atom stereocenters. The Hall–Kier alpha value is -1.70. The van der Waals surface area contributed by atoms with E-state index in [0.717, 1.165) is 72.8 Å². The number of carbonyl (C=O) groups excluding carboxylic acids is 1. The first-order valence-corrected chi connectivity index (χ1v) is 11.7. The first-order valence-electron chi connectivity index (χ1n) is 10.9. The standard InChI is InChI=1S/C22H32N4O2S/c1-25(18-6-3-2-4-7-18)11-5-10-23-21(27)17-8-9-19-20(16-17)29-22(24-19)26-12-14-28-15-13-26/h8-9,16,18H,2-7,10-15H2,1H3,(H,23,27). The van der Waals surface area contributed by atoms with Crippen molar-refractivity contribution in [3.05, 3.63) is 23.8 Å². The summed E-state index contributed by atoms with van der Waals surface area (Å²) in [6.45, 7) is 5.02. The molecule has 1 aromatic heterocycles. The lowest BCUT2D eigenvalue weighted by molar-refractivity contribution is 0.0950. The Balaban J connectivity index is 1.27. The lowest BCUT2D eigenvalue weighted by Gasteiger charge is -2.31. The Labute approximate surface area is 177 Å². The van der Waals surface area contributed by atoms with E-state index in [4.69, 9.17) is 9.72 Å². The molecule has 0 bridgehead atoms. The van der Waals surface area contributed by atoms with E-state index in [1.54, 1.807) is 11.3 Å². The normalized spacial score (nSPS) is 18.5. The van der Waals surface area contributed by atoms with Gasteiger partial charge in [0.2, 0.25) is 0 Å². The Kier molecular flexibility index (Phi) is 7.00. The quantitative estimate of drug-likeness (QED) is 0.700. The number of nitrogens with one attached hydrogen (secondary N) is 1. The van der Waals surface area contributed by atoms with Gasteiger partial charge >= 0.3 is 0 Å². The van der Waals surface area contributed by atoms with E-state index in [-0.39, 0.29) is 5.91 Å². The molecule has 7 heteroatoms. The van der Waals surface area contributed by atoms with Gasteiger partial charge < -0.3 is 19.9 Å². The minimum atomic E-state index is 0.00791. The number of amides is 1. The summed E-state index contributed by atoms with van der Waals surface area (Å²) in [5, 5.41) is 4.10. The van der Waals surface area contributed by atoms with E-state index < -0.39 is 0 Å². The van der Waals surface area contributed by atoms with Crippen molar-refractivity contribution in [2.45, 2.75) is 44.6 Å². The minimum Gasteiger partial charge on any atom is -0.378 e. The van der Waals surface area contributed by atoms with Gasteiger partial charge in [0, 0.05) is 31.2 Å². The highest BCUT2D eigenvalue weighted by molar-refractivity contribution is 7.22. The van der Waals surface area contributed by atoms with Crippen LogP contribution in [0.25, 0.3) is 10.2 Å². The molecule has 1 aliphatic heterocycles. The smallest absolute Gasteiger partial charge is 0.251 e. The molecule has 2 aromatic rings. The number of fused-ring (bicyclic) bond motifs is 1. The van der Waals surface area contributed by atoms with E-state index >= 15 is 0 Å². The molecule has 158 valence electrons. The number of benzene rings is 1. The first kappa shape index (κ1) is 20.6. The van der Waals surface area contributed by atoms with Crippen molar-refractivity contribution >= 4 is 32.6 Å². The van der Waals surface area contributed by atoms with Crippen LogP contribution in [0.1, 0.15) is 48.9 Å². The number of carbonyl (C=O) groups is 1. The summed E-state index contributed by atoms with van der Waals surface area (Å²) in [5.41, 5.74) is 1.68. The van der Waals surface area contributed by atoms with Gasteiger partial charge in [0.1, 0.15) is 0 Å². The van der Waals surface area contributed by atoms with Crippen molar-refractivity contribution in [1.29, 1.82) is 0 Å². The molecular formula is C22H32N4O2S. The summed E-state index contributed by atoms with van der Waals surface area (Å²) in [6.07, 6.45) is 7.74. The number of hydrogen-bond donors (Lipinski definition) is 1. The van der Waals surface area contributed by atoms with Crippen LogP contribution in [0.15, 0.2) is 18.2 Å². The lowest BCUT2D eigenvalue weighted by atomic mass is 9.94. The fraction of sp³-hybridized carbons (Fsp3) is 0.636. The largest absolute Gasteiger partial charge is 0.378 e. The molecule has 0 spiro atoms. The SMILES string of the molecule is CN(CCCNC(=O)c1ccc2nc(N3CCOCC3)sc2c1)C1CCCCC1.